The minimum absolute atomic E-state index is 0.0203. The van der Waals surface area contributed by atoms with Crippen molar-refractivity contribution < 1.29 is 22.7 Å². The van der Waals surface area contributed by atoms with Gasteiger partial charge in [0, 0.05) is 12.1 Å². The molecule has 134 valence electrons. The Labute approximate surface area is 143 Å². The van der Waals surface area contributed by atoms with Crippen LogP contribution in [0, 0.1) is 6.92 Å². The number of carbonyl (C=O) groups is 1. The number of ether oxygens (including phenoxy) is 1. The Bertz CT molecular complexity index is 715. The Morgan fingerprint density at radius 2 is 1.80 bits per heavy atom. The lowest BCUT2D eigenvalue weighted by molar-refractivity contribution is -0.153. The lowest BCUT2D eigenvalue weighted by Gasteiger charge is -2.15. The summed E-state index contributed by atoms with van der Waals surface area (Å²) in [7, 11) is 0. The van der Waals surface area contributed by atoms with Crippen LogP contribution >= 0.6 is 0 Å². The van der Waals surface area contributed by atoms with Crippen LogP contribution in [0.15, 0.2) is 48.5 Å². The van der Waals surface area contributed by atoms with Crippen LogP contribution in [-0.2, 0) is 11.3 Å². The van der Waals surface area contributed by atoms with Crippen LogP contribution in [0.3, 0.4) is 0 Å². The maximum Gasteiger partial charge on any atom is 0.422 e. The zero-order valence-corrected chi connectivity index (χ0v) is 13.6. The van der Waals surface area contributed by atoms with E-state index in [9.17, 15) is 18.0 Å². The van der Waals surface area contributed by atoms with Gasteiger partial charge >= 0.3 is 6.18 Å². The van der Waals surface area contributed by atoms with Gasteiger partial charge in [-0.2, -0.15) is 13.2 Å². The van der Waals surface area contributed by atoms with Gasteiger partial charge in [-0.25, -0.2) is 0 Å². The Balaban J connectivity index is 1.98. The molecule has 0 aliphatic rings. The average Bonchev–Trinajstić information content (AvgIpc) is 2.58. The number of amides is 1. The molecule has 0 radical (unpaired) electrons. The van der Waals surface area contributed by atoms with Crippen LogP contribution < -0.4 is 15.8 Å². The molecule has 0 saturated carbocycles. The first-order valence-corrected chi connectivity index (χ1v) is 7.63. The number of carbonyl (C=O) groups excluding carboxylic acids is 1. The van der Waals surface area contributed by atoms with Crippen molar-refractivity contribution in [3.8, 4) is 5.75 Å². The van der Waals surface area contributed by atoms with Gasteiger partial charge in [0.05, 0.1) is 0 Å². The van der Waals surface area contributed by atoms with Gasteiger partial charge in [0.1, 0.15) is 11.8 Å². The van der Waals surface area contributed by atoms with Gasteiger partial charge in [-0.1, -0.05) is 48.0 Å². The summed E-state index contributed by atoms with van der Waals surface area (Å²) in [6, 6.07) is 12.6. The van der Waals surface area contributed by atoms with Crippen molar-refractivity contribution in [2.75, 3.05) is 6.61 Å². The summed E-state index contributed by atoms with van der Waals surface area (Å²) in [6.45, 7) is 0.556. The molecule has 2 rings (SSSR count). The fourth-order valence-electron chi connectivity index (χ4n) is 2.17. The van der Waals surface area contributed by atoms with Crippen molar-refractivity contribution >= 4 is 5.91 Å². The summed E-state index contributed by atoms with van der Waals surface area (Å²) in [5.41, 5.74) is 8.06. The molecule has 4 nitrogen and oxygen atoms in total. The summed E-state index contributed by atoms with van der Waals surface area (Å²) in [5.74, 6) is -0.349. The van der Waals surface area contributed by atoms with Gasteiger partial charge < -0.3 is 15.8 Å². The number of aryl methyl sites for hydroxylation is 1. The first-order valence-electron chi connectivity index (χ1n) is 7.63. The van der Waals surface area contributed by atoms with Gasteiger partial charge in [-0.05, 0) is 18.6 Å². The van der Waals surface area contributed by atoms with E-state index < -0.39 is 24.7 Å². The first kappa shape index (κ1) is 18.8. The Morgan fingerprint density at radius 1 is 1.16 bits per heavy atom. The molecule has 0 spiro atoms. The molecule has 2 aromatic rings. The van der Waals surface area contributed by atoms with Gasteiger partial charge in [-0.15, -0.1) is 0 Å². The lowest BCUT2D eigenvalue weighted by Crippen LogP contribution is -2.33. The summed E-state index contributed by atoms with van der Waals surface area (Å²) >= 11 is 0. The molecule has 3 N–H and O–H groups in total. The van der Waals surface area contributed by atoms with Gasteiger partial charge in [0.2, 0.25) is 5.91 Å². The van der Waals surface area contributed by atoms with Crippen LogP contribution in [-0.4, -0.2) is 18.7 Å². The minimum Gasteiger partial charge on any atom is -0.484 e. The van der Waals surface area contributed by atoms with Crippen molar-refractivity contribution in [2.45, 2.75) is 25.7 Å². The SMILES string of the molecule is Cc1ccc(C(N)C(=O)NCc2ccccc2OCC(F)(F)F)cc1. The third kappa shape index (κ3) is 5.79. The van der Waals surface area contributed by atoms with Gasteiger partial charge in [0.25, 0.3) is 0 Å². The highest BCUT2D eigenvalue weighted by Gasteiger charge is 2.28. The average molecular weight is 352 g/mol. The van der Waals surface area contributed by atoms with Gasteiger partial charge in [-0.3, -0.25) is 4.79 Å². The Morgan fingerprint density at radius 3 is 2.44 bits per heavy atom. The van der Waals surface area contributed by atoms with E-state index in [2.05, 4.69) is 5.32 Å². The highest BCUT2D eigenvalue weighted by atomic mass is 19.4. The second kappa shape index (κ2) is 8.02. The van der Waals surface area contributed by atoms with Crippen LogP contribution in [0.25, 0.3) is 0 Å². The van der Waals surface area contributed by atoms with Crippen molar-refractivity contribution in [1.29, 1.82) is 0 Å². The lowest BCUT2D eigenvalue weighted by atomic mass is 10.1. The predicted molar refractivity (Wildman–Crippen MR) is 87.9 cm³/mol. The number of nitrogens with one attached hydrogen (secondary N) is 1. The van der Waals surface area contributed by atoms with Crippen molar-refractivity contribution in [2.24, 2.45) is 5.73 Å². The van der Waals surface area contributed by atoms with Crippen LogP contribution in [0.1, 0.15) is 22.7 Å². The van der Waals surface area contributed by atoms with E-state index in [4.69, 9.17) is 10.5 Å². The number of nitrogens with two attached hydrogens (primary N) is 1. The molecule has 0 fully saturated rings. The minimum atomic E-state index is -4.43. The number of halogens is 3. The zero-order valence-electron chi connectivity index (χ0n) is 13.6. The molecule has 0 saturated heterocycles. The van der Waals surface area contributed by atoms with E-state index >= 15 is 0 Å². The molecule has 1 amide bonds. The summed E-state index contributed by atoms with van der Waals surface area (Å²) in [6.07, 6.45) is -4.43. The largest absolute Gasteiger partial charge is 0.484 e. The zero-order chi connectivity index (χ0) is 18.4. The topological polar surface area (TPSA) is 64.4 Å². The van der Waals surface area contributed by atoms with Crippen LogP contribution in [0.5, 0.6) is 5.75 Å². The molecule has 25 heavy (non-hydrogen) atoms. The van der Waals surface area contributed by atoms with E-state index in [0.717, 1.165) is 5.56 Å². The molecule has 2 aromatic carbocycles. The first-order chi connectivity index (χ1) is 11.8. The number of hydrogen-bond acceptors (Lipinski definition) is 3. The summed E-state index contributed by atoms with van der Waals surface area (Å²) in [5, 5.41) is 2.62. The van der Waals surface area contributed by atoms with Crippen molar-refractivity contribution in [1.82, 2.24) is 5.32 Å². The standard InChI is InChI=1S/C18H19F3N2O2/c1-12-6-8-13(9-7-12)16(22)17(24)23-10-14-4-2-3-5-15(14)25-11-18(19,20)21/h2-9,16H,10-11,22H2,1H3,(H,23,24). The number of benzene rings is 2. The van der Waals surface area contributed by atoms with E-state index in [1.165, 1.54) is 6.07 Å². The van der Waals surface area contributed by atoms with E-state index in [1.807, 2.05) is 19.1 Å². The third-order valence-corrected chi connectivity index (χ3v) is 3.54. The molecule has 0 aliphatic heterocycles. The van der Waals surface area contributed by atoms with E-state index in [0.29, 0.717) is 11.1 Å². The number of para-hydroxylation sites is 1. The van der Waals surface area contributed by atoms with Crippen molar-refractivity contribution in [3.05, 3.63) is 65.2 Å². The predicted octanol–water partition coefficient (Wildman–Crippen LogP) is 3.25. The van der Waals surface area contributed by atoms with E-state index in [-0.39, 0.29) is 12.3 Å². The highest BCUT2D eigenvalue weighted by Crippen LogP contribution is 2.22. The highest BCUT2D eigenvalue weighted by molar-refractivity contribution is 5.82. The molecule has 1 unspecified atom stereocenters. The molecule has 1 atom stereocenters. The van der Waals surface area contributed by atoms with Crippen LogP contribution in [0.2, 0.25) is 0 Å². The Hall–Kier alpha value is -2.54. The molecular formula is C18H19F3N2O2. The monoisotopic (exact) mass is 352 g/mol. The molecular weight excluding hydrogens is 333 g/mol. The third-order valence-electron chi connectivity index (χ3n) is 3.54. The summed E-state index contributed by atoms with van der Waals surface area (Å²) in [4.78, 5) is 12.2. The maximum absolute atomic E-state index is 12.3. The Kier molecular flexibility index (Phi) is 6.03. The normalized spacial score (nSPS) is 12.5. The fourth-order valence-corrected chi connectivity index (χ4v) is 2.17. The number of hydrogen-bond donors (Lipinski definition) is 2. The molecule has 0 aromatic heterocycles. The van der Waals surface area contributed by atoms with E-state index in [1.54, 1.807) is 30.3 Å². The molecule has 0 bridgehead atoms. The fraction of sp³-hybridized carbons (Fsp3) is 0.278. The molecule has 0 aliphatic carbocycles. The summed E-state index contributed by atoms with van der Waals surface area (Å²) < 4.78 is 41.7. The quantitative estimate of drug-likeness (QED) is 0.839. The molecule has 0 heterocycles. The second-order valence-corrected chi connectivity index (χ2v) is 5.62. The van der Waals surface area contributed by atoms with Gasteiger partial charge in [0.15, 0.2) is 6.61 Å². The van der Waals surface area contributed by atoms with Crippen molar-refractivity contribution in [3.63, 3.8) is 0 Å². The number of alkyl halides is 3. The number of rotatable bonds is 6. The molecule has 7 heteroatoms. The smallest absolute Gasteiger partial charge is 0.422 e. The van der Waals surface area contributed by atoms with Crippen LogP contribution in [0.4, 0.5) is 13.2 Å². The maximum atomic E-state index is 12.3. The second-order valence-electron chi connectivity index (χ2n) is 5.62.